The Labute approximate surface area is 401 Å². The molecule has 2 amide bonds. The summed E-state index contributed by atoms with van der Waals surface area (Å²) in [5.74, 6) is 2.00. The summed E-state index contributed by atoms with van der Waals surface area (Å²) in [7, 11) is 1.54. The van der Waals surface area contributed by atoms with Gasteiger partial charge in [-0.25, -0.2) is 19.9 Å². The number of anilines is 3. The smallest absolute Gasteiger partial charge is 0.266 e. The summed E-state index contributed by atoms with van der Waals surface area (Å²) in [5.41, 5.74) is 10.6. The molecule has 0 atom stereocenters. The van der Waals surface area contributed by atoms with E-state index >= 15 is 0 Å². The number of nitrogen functional groups attached to an aromatic ring is 1. The van der Waals surface area contributed by atoms with Gasteiger partial charge >= 0.3 is 0 Å². The number of hydrogen-bond acceptors (Lipinski definition) is 14. The van der Waals surface area contributed by atoms with Crippen LogP contribution in [0.1, 0.15) is 11.1 Å². The van der Waals surface area contributed by atoms with E-state index in [9.17, 15) is 14.9 Å². The van der Waals surface area contributed by atoms with Gasteiger partial charge in [0.25, 0.3) is 11.8 Å². The Kier molecular flexibility index (Phi) is 14.4. The molecule has 16 heteroatoms. The van der Waals surface area contributed by atoms with Crippen molar-refractivity contribution >= 4 is 35.1 Å². The highest BCUT2D eigenvalue weighted by atomic mass is 16.5. The fraction of sp³-hybridized carbons (Fsp3) is 0.0370. The highest BCUT2D eigenvalue weighted by Gasteiger charge is 2.19. The molecule has 0 aliphatic rings. The lowest BCUT2D eigenvalue weighted by molar-refractivity contribution is -0.113. The molecule has 4 N–H and O–H groups in total. The van der Waals surface area contributed by atoms with Gasteiger partial charge < -0.3 is 40.1 Å². The van der Waals surface area contributed by atoms with Gasteiger partial charge in [0.2, 0.25) is 11.8 Å². The van der Waals surface area contributed by atoms with Gasteiger partial charge in [-0.3, -0.25) is 9.59 Å². The van der Waals surface area contributed by atoms with Gasteiger partial charge in [-0.2, -0.15) is 10.5 Å². The molecular weight excluding hydrogens is 887 g/mol. The Morgan fingerprint density at radius 1 is 0.657 bits per heavy atom. The van der Waals surface area contributed by atoms with E-state index in [1.54, 1.807) is 123 Å². The van der Waals surface area contributed by atoms with E-state index in [-0.39, 0.29) is 28.7 Å². The van der Waals surface area contributed by atoms with Crippen LogP contribution in [0.4, 0.5) is 17.2 Å². The normalized spacial score (nSPS) is 10.7. The highest BCUT2D eigenvalue weighted by Crippen LogP contribution is 2.40. The minimum Gasteiger partial charge on any atom is -0.493 e. The van der Waals surface area contributed by atoms with E-state index in [0.29, 0.717) is 74.7 Å². The average molecular weight is 926 g/mol. The Morgan fingerprint density at radius 2 is 1.31 bits per heavy atom. The molecule has 0 saturated heterocycles. The number of rotatable bonds is 17. The number of carbonyl (C=O) groups excluding carboxylic acids is 2. The molecule has 16 nitrogen and oxygen atoms in total. The summed E-state index contributed by atoms with van der Waals surface area (Å²) < 4.78 is 30.1. The molecule has 0 unspecified atom stereocenters. The van der Waals surface area contributed by atoms with Crippen molar-refractivity contribution < 1.29 is 33.3 Å². The van der Waals surface area contributed by atoms with Crippen molar-refractivity contribution in [2.24, 2.45) is 0 Å². The molecule has 70 heavy (non-hydrogen) atoms. The average Bonchev–Trinajstić information content (AvgIpc) is 3.38. The van der Waals surface area contributed by atoms with Crippen LogP contribution in [0.25, 0.3) is 28.3 Å². The SMILES string of the molecule is C=C(C#N)C(=O)Nc1cccc(Oc2ncncc2-c2ccc(Oc3cccc(C=C(C#N)C(=O)Nc4cccc(Oc5ncnc(N)c5-c5ccc(OCc6ccccc6)c(OC)c5)c4)c3)cc2)c1. The van der Waals surface area contributed by atoms with E-state index in [1.165, 1.54) is 18.7 Å². The number of methoxy groups -OCH3 is 1. The van der Waals surface area contributed by atoms with Gasteiger partial charge in [0.05, 0.1) is 18.2 Å². The maximum atomic E-state index is 13.5. The molecule has 0 aliphatic carbocycles. The molecule has 8 aromatic rings. The molecule has 2 aromatic heterocycles. The number of aromatic nitrogens is 4. The molecular formula is C54H39N9O7. The van der Waals surface area contributed by atoms with Gasteiger partial charge in [0.15, 0.2) is 11.5 Å². The monoisotopic (exact) mass is 925 g/mol. The lowest BCUT2D eigenvalue weighted by Crippen LogP contribution is -2.13. The fourth-order valence-corrected chi connectivity index (χ4v) is 6.78. The Balaban J connectivity index is 0.914. The maximum Gasteiger partial charge on any atom is 0.266 e. The number of nitrogens with one attached hydrogen (secondary N) is 2. The van der Waals surface area contributed by atoms with Crippen molar-refractivity contribution in [2.45, 2.75) is 6.61 Å². The first-order chi connectivity index (χ1) is 34.2. The van der Waals surface area contributed by atoms with Gasteiger partial charge in [0, 0.05) is 29.7 Å². The second kappa shape index (κ2) is 21.8. The lowest BCUT2D eigenvalue weighted by atomic mass is 10.1. The molecule has 0 fully saturated rings. The highest BCUT2D eigenvalue weighted by molar-refractivity contribution is 6.09. The predicted octanol–water partition coefficient (Wildman–Crippen LogP) is 10.7. The molecule has 342 valence electrons. The largest absolute Gasteiger partial charge is 0.493 e. The Morgan fingerprint density at radius 3 is 2.01 bits per heavy atom. The van der Waals surface area contributed by atoms with E-state index in [4.69, 9.17) is 34.7 Å². The zero-order chi connectivity index (χ0) is 48.8. The van der Waals surface area contributed by atoms with Gasteiger partial charge in [-0.1, -0.05) is 79.4 Å². The third-order valence-electron chi connectivity index (χ3n) is 10.2. The van der Waals surface area contributed by atoms with Crippen LogP contribution in [0.2, 0.25) is 0 Å². The van der Waals surface area contributed by atoms with Crippen molar-refractivity contribution in [2.75, 3.05) is 23.5 Å². The van der Waals surface area contributed by atoms with Crippen molar-refractivity contribution in [1.82, 2.24) is 19.9 Å². The first-order valence-corrected chi connectivity index (χ1v) is 21.2. The first-order valence-electron chi connectivity index (χ1n) is 21.2. The van der Waals surface area contributed by atoms with Gasteiger partial charge in [-0.05, 0) is 89.0 Å². The Hall–Kier alpha value is -10.3. The van der Waals surface area contributed by atoms with Crippen LogP contribution in [0, 0.1) is 22.7 Å². The van der Waals surface area contributed by atoms with Crippen LogP contribution in [0.15, 0.2) is 182 Å². The summed E-state index contributed by atoms with van der Waals surface area (Å²) in [6.07, 6.45) is 5.71. The van der Waals surface area contributed by atoms with E-state index in [1.807, 2.05) is 48.5 Å². The number of carbonyl (C=O) groups is 2. The second-order valence-electron chi connectivity index (χ2n) is 14.9. The van der Waals surface area contributed by atoms with Crippen molar-refractivity contribution in [3.8, 4) is 80.6 Å². The van der Waals surface area contributed by atoms with Gasteiger partial charge in [0.1, 0.15) is 71.4 Å². The van der Waals surface area contributed by atoms with Crippen LogP contribution in [0.5, 0.6) is 46.3 Å². The minimum absolute atomic E-state index is 0.159. The standard InChI is InChI=1S/C54H39N9O7/c1-34(28-55)51(64)62-40-12-7-15-44(26-40)69-53-46(30-58-32-60-53)37-17-20-42(21-18-37)68-43-14-6-11-36(24-43)23-39(29-56)52(65)63-41-13-8-16-45(27-41)70-54-49(50(57)59-33-61-54)38-19-22-47(48(25-38)66-2)67-31-35-9-4-3-5-10-35/h3-27,30,32-33H,1,31H2,2H3,(H,62,64)(H,63,65)(H2,57,59,61). The fourth-order valence-electron chi connectivity index (χ4n) is 6.78. The van der Waals surface area contributed by atoms with E-state index in [0.717, 1.165) is 11.1 Å². The second-order valence-corrected chi connectivity index (χ2v) is 14.9. The number of amides is 2. The van der Waals surface area contributed by atoms with Crippen LogP contribution < -0.4 is 40.1 Å². The lowest BCUT2D eigenvalue weighted by Gasteiger charge is -2.15. The third kappa shape index (κ3) is 11.5. The maximum absolute atomic E-state index is 13.5. The quantitative estimate of drug-likeness (QED) is 0.0570. The Bertz CT molecular complexity index is 3350. The van der Waals surface area contributed by atoms with Crippen LogP contribution in [0.3, 0.4) is 0 Å². The van der Waals surface area contributed by atoms with Crippen molar-refractivity contribution in [3.05, 3.63) is 193 Å². The summed E-state index contributed by atoms with van der Waals surface area (Å²) in [6.45, 7) is 3.78. The van der Waals surface area contributed by atoms with Crippen LogP contribution >= 0.6 is 0 Å². The molecule has 0 radical (unpaired) electrons. The van der Waals surface area contributed by atoms with Crippen LogP contribution in [-0.2, 0) is 16.2 Å². The van der Waals surface area contributed by atoms with Crippen molar-refractivity contribution in [3.63, 3.8) is 0 Å². The molecule has 0 spiro atoms. The number of nitriles is 2. The topological polar surface area (TPSA) is 230 Å². The molecule has 2 heterocycles. The summed E-state index contributed by atoms with van der Waals surface area (Å²) in [6, 6.07) is 46.1. The molecule has 6 aromatic carbocycles. The van der Waals surface area contributed by atoms with Crippen molar-refractivity contribution in [1.29, 1.82) is 10.5 Å². The third-order valence-corrected chi connectivity index (χ3v) is 10.2. The number of ether oxygens (including phenoxy) is 5. The zero-order valence-corrected chi connectivity index (χ0v) is 37.2. The molecule has 8 rings (SSSR count). The number of nitrogens with zero attached hydrogens (tertiary/aromatic N) is 6. The number of benzene rings is 6. The van der Waals surface area contributed by atoms with Crippen LogP contribution in [-0.4, -0.2) is 38.9 Å². The molecule has 0 saturated carbocycles. The summed E-state index contributed by atoms with van der Waals surface area (Å²) >= 11 is 0. The van der Waals surface area contributed by atoms with E-state index in [2.05, 4.69) is 37.1 Å². The number of nitrogens with two attached hydrogens (primary N) is 1. The van der Waals surface area contributed by atoms with E-state index < -0.39 is 11.8 Å². The number of hydrogen-bond donors (Lipinski definition) is 3. The predicted molar refractivity (Wildman–Crippen MR) is 262 cm³/mol. The molecule has 0 aliphatic heterocycles. The zero-order valence-electron chi connectivity index (χ0n) is 37.2. The first kappa shape index (κ1) is 46.2. The minimum atomic E-state index is -0.648. The summed E-state index contributed by atoms with van der Waals surface area (Å²) in [5, 5.41) is 24.4. The molecule has 0 bridgehead atoms. The summed E-state index contributed by atoms with van der Waals surface area (Å²) in [4.78, 5) is 42.6. The van der Waals surface area contributed by atoms with Gasteiger partial charge in [-0.15, -0.1) is 0 Å².